The fourth-order valence-electron chi connectivity index (χ4n) is 8.61. The Morgan fingerprint density at radius 1 is 0.618 bits per heavy atom. The summed E-state index contributed by atoms with van der Waals surface area (Å²) in [5.74, 6) is 2.46. The van der Waals surface area contributed by atoms with E-state index >= 15 is 0 Å². The summed E-state index contributed by atoms with van der Waals surface area (Å²) in [6.07, 6.45) is 13.6. The molecule has 0 nitrogen and oxygen atoms in total. The van der Waals surface area contributed by atoms with Crippen molar-refractivity contribution < 1.29 is 23.3 Å². The van der Waals surface area contributed by atoms with Gasteiger partial charge in [-0.2, -0.15) is 12.1 Å². The standard InChI is InChI=1S/C26H31.C23H25.2CH3.2ClH.Si.Zr/c1-18-8-10-19(11-9-18)22-16-21-6-5-7-24(25(21)17-22)20-12-14-23(15-13-20)26(2,3)4;1-2-17-15-21-9-6-10-22(23(21)16-17)20-13-11-19(12-14-20)18-7-4-3-5-8-18;;;;;;/h5-7,12-19H,8-11H2,1-4H3;6,9-16,18H,2-5,7-8H2,1H3;2*1H3;2*1H;;/q4*-1;;;;. The van der Waals surface area contributed by atoms with Gasteiger partial charge in [0, 0.05) is 0 Å². The molecular weight excluding hydrogens is 803 g/mol. The Morgan fingerprint density at radius 2 is 1.13 bits per heavy atom. The van der Waals surface area contributed by atoms with E-state index in [4.69, 9.17) is 0 Å². The van der Waals surface area contributed by atoms with Crippen molar-refractivity contribution in [1.29, 1.82) is 0 Å². The molecule has 0 heterocycles. The summed E-state index contributed by atoms with van der Waals surface area (Å²) in [4.78, 5) is 0. The van der Waals surface area contributed by atoms with Crippen molar-refractivity contribution in [2.45, 2.75) is 116 Å². The molecule has 0 amide bonds. The summed E-state index contributed by atoms with van der Waals surface area (Å²) in [6.45, 7) is 14.5. The van der Waals surface area contributed by atoms with E-state index in [9.17, 15) is 0 Å². The van der Waals surface area contributed by atoms with Gasteiger partial charge >= 0.3 is 30.2 Å². The summed E-state index contributed by atoms with van der Waals surface area (Å²) in [5, 5.41) is 5.59. The molecule has 2 aliphatic rings. The molecule has 2 aliphatic carbocycles. The van der Waals surface area contributed by atoms with Crippen LogP contribution in [0.4, 0.5) is 0 Å². The Bertz CT molecular complexity index is 2000. The summed E-state index contributed by atoms with van der Waals surface area (Å²) < 4.78 is 0. The van der Waals surface area contributed by atoms with Crippen LogP contribution in [-0.4, -0.2) is 6.88 Å². The molecule has 0 unspecified atom stereocenters. The number of hydrogen-bond donors (Lipinski definition) is 0. The Balaban J connectivity index is 0.000000342. The molecule has 0 saturated heterocycles. The van der Waals surface area contributed by atoms with Crippen LogP contribution in [0.3, 0.4) is 0 Å². The molecule has 0 spiro atoms. The van der Waals surface area contributed by atoms with Gasteiger partial charge in [0.05, 0.1) is 0 Å². The summed E-state index contributed by atoms with van der Waals surface area (Å²) in [7, 11) is 0. The number of halogens is 2. The predicted octanol–water partition coefficient (Wildman–Crippen LogP) is 16.0. The van der Waals surface area contributed by atoms with E-state index in [0.29, 0.717) is 0 Å². The van der Waals surface area contributed by atoms with Gasteiger partial charge in [-0.15, -0.1) is 93.9 Å². The van der Waals surface area contributed by atoms with Crippen molar-refractivity contribution in [1.82, 2.24) is 0 Å². The minimum absolute atomic E-state index is 0. The quantitative estimate of drug-likeness (QED) is 0.120. The van der Waals surface area contributed by atoms with Crippen LogP contribution in [0.15, 0.2) is 109 Å². The second-order valence-electron chi connectivity index (χ2n) is 16.4. The van der Waals surface area contributed by atoms with Crippen molar-refractivity contribution >= 4 is 53.2 Å². The number of benzene rings is 4. The number of aryl methyl sites for hydroxylation is 1. The average Bonchev–Trinajstić information content (AvgIpc) is 3.81. The van der Waals surface area contributed by atoms with Crippen LogP contribution in [0.25, 0.3) is 43.8 Å². The van der Waals surface area contributed by atoms with Gasteiger partial charge < -0.3 is 14.9 Å². The van der Waals surface area contributed by atoms with Gasteiger partial charge in [0.15, 0.2) is 0 Å². The third kappa shape index (κ3) is 11.9. The van der Waals surface area contributed by atoms with Crippen molar-refractivity contribution in [3.8, 4) is 22.3 Å². The Kier molecular flexibility index (Phi) is 20.1. The molecule has 0 aromatic heterocycles. The SMILES string of the molecule is CC1CCC(c2cc3c(-c4ccc(C(C)(C)C)cc4)cccc3[cH-]2)CC1.CCc1cc2c(-c3ccc(C4CCCCC4)cc3)cccc2[cH-]1.Cl.Cl.[CH3-].[CH3-].[Si]=[Zr]. The molecule has 6 aromatic rings. The van der Waals surface area contributed by atoms with Crippen LogP contribution in [0.5, 0.6) is 0 Å². The minimum atomic E-state index is 0. The molecule has 2 radical (unpaired) electrons. The van der Waals surface area contributed by atoms with Gasteiger partial charge in [-0.05, 0) is 77.5 Å². The third-order valence-electron chi connectivity index (χ3n) is 11.8. The maximum atomic E-state index is 3.06. The van der Waals surface area contributed by atoms with Crippen LogP contribution in [0.2, 0.25) is 0 Å². The van der Waals surface area contributed by atoms with E-state index in [1.54, 1.807) is 5.56 Å². The normalized spacial score (nSPS) is 16.8. The molecule has 0 atom stereocenters. The van der Waals surface area contributed by atoms with Crippen molar-refractivity contribution in [3.63, 3.8) is 0 Å². The molecule has 0 N–H and O–H groups in total. The van der Waals surface area contributed by atoms with E-state index in [1.807, 2.05) is 0 Å². The van der Waals surface area contributed by atoms with Gasteiger partial charge in [-0.25, -0.2) is 0 Å². The molecule has 4 heteroatoms. The van der Waals surface area contributed by atoms with Gasteiger partial charge in [0.25, 0.3) is 0 Å². The van der Waals surface area contributed by atoms with E-state index in [1.165, 1.54) is 142 Å². The zero-order valence-electron chi connectivity index (χ0n) is 34.5. The predicted molar refractivity (Wildman–Crippen MR) is 247 cm³/mol. The molecule has 0 aliphatic heterocycles. The van der Waals surface area contributed by atoms with Gasteiger partial charge in [0.2, 0.25) is 0 Å². The van der Waals surface area contributed by atoms with Gasteiger partial charge in [-0.3, -0.25) is 0 Å². The Labute approximate surface area is 364 Å². The molecule has 2 saturated carbocycles. The van der Waals surface area contributed by atoms with E-state index in [-0.39, 0.29) is 45.1 Å². The van der Waals surface area contributed by atoms with Crippen LogP contribution in [-0.2, 0) is 35.2 Å². The Hall–Kier alpha value is -2.22. The van der Waals surface area contributed by atoms with Crippen LogP contribution in [0, 0.1) is 20.8 Å². The summed E-state index contributed by atoms with van der Waals surface area (Å²) in [5.41, 5.74) is 11.6. The summed E-state index contributed by atoms with van der Waals surface area (Å²) >= 11 is 1.36. The molecule has 0 bridgehead atoms. The van der Waals surface area contributed by atoms with E-state index < -0.39 is 0 Å². The fraction of sp³-hybridized carbons (Fsp3) is 0.373. The first kappa shape index (κ1) is 48.9. The van der Waals surface area contributed by atoms with Crippen molar-refractivity contribution in [3.05, 3.63) is 146 Å². The molecule has 2 fully saturated rings. The molecule has 55 heavy (non-hydrogen) atoms. The zero-order chi connectivity index (χ0) is 36.0. The zero-order valence-corrected chi connectivity index (χ0v) is 39.6. The van der Waals surface area contributed by atoms with Gasteiger partial charge in [0.1, 0.15) is 0 Å². The first-order valence-corrected chi connectivity index (χ1v) is 23.8. The monoisotopic (exact) mass is 864 g/mol. The number of fused-ring (bicyclic) bond motifs is 2. The number of hydrogen-bond acceptors (Lipinski definition) is 0. The van der Waals surface area contributed by atoms with Gasteiger partial charge in [-0.1, -0.05) is 139 Å². The van der Waals surface area contributed by atoms with Crippen LogP contribution in [0.1, 0.15) is 126 Å². The average molecular weight is 867 g/mol. The second kappa shape index (κ2) is 22.6. The first-order chi connectivity index (χ1) is 24.8. The maximum absolute atomic E-state index is 3.06. The molecule has 6 aromatic carbocycles. The van der Waals surface area contributed by atoms with Crippen LogP contribution >= 0.6 is 24.8 Å². The van der Waals surface area contributed by atoms with Crippen molar-refractivity contribution in [2.24, 2.45) is 5.92 Å². The Morgan fingerprint density at radius 3 is 1.65 bits per heavy atom. The first-order valence-electron chi connectivity index (χ1n) is 19.6. The van der Waals surface area contributed by atoms with E-state index in [2.05, 4.69) is 151 Å². The summed E-state index contributed by atoms with van der Waals surface area (Å²) in [6, 6.07) is 41.6. The molecule has 294 valence electrons. The van der Waals surface area contributed by atoms with Crippen molar-refractivity contribution in [2.75, 3.05) is 0 Å². The second-order valence-corrected chi connectivity index (χ2v) is 16.4. The topological polar surface area (TPSA) is 0 Å². The van der Waals surface area contributed by atoms with E-state index in [0.717, 1.165) is 24.2 Å². The fourth-order valence-corrected chi connectivity index (χ4v) is 8.61. The van der Waals surface area contributed by atoms with Crippen LogP contribution < -0.4 is 0 Å². The third-order valence-corrected chi connectivity index (χ3v) is 11.8. The molecule has 8 rings (SSSR count). The number of rotatable bonds is 5. The molecular formula is C51H64Cl2SiZr-4.